The van der Waals surface area contributed by atoms with Crippen molar-refractivity contribution in [3.05, 3.63) is 83.2 Å². The molecule has 2 aromatic carbocycles. The van der Waals surface area contributed by atoms with E-state index in [1.54, 1.807) is 12.1 Å². The molecule has 1 heterocycles. The average Bonchev–Trinajstić information content (AvgIpc) is 3.15. The fourth-order valence-corrected chi connectivity index (χ4v) is 3.86. The maximum absolute atomic E-state index is 12.5. The highest BCUT2D eigenvalue weighted by molar-refractivity contribution is 7.99. The number of allylic oxidation sites excluding steroid dienone is 1. The van der Waals surface area contributed by atoms with Crippen LogP contribution in [0, 0.1) is 20.8 Å². The first kappa shape index (κ1) is 23.3. The lowest BCUT2D eigenvalue weighted by Crippen LogP contribution is -2.25. The lowest BCUT2D eigenvalue weighted by Gasteiger charge is -2.10. The summed E-state index contributed by atoms with van der Waals surface area (Å²) in [5.41, 5.74) is 4.60. The Morgan fingerprint density at radius 3 is 2.56 bits per heavy atom. The second kappa shape index (κ2) is 10.8. The SMILES string of the molecule is C=CCn1c(CNC(=O)c2ccccc2C)nnc1SCC(=O)Nc1ccc(C)c(C)c1. The summed E-state index contributed by atoms with van der Waals surface area (Å²) in [4.78, 5) is 24.9. The van der Waals surface area contributed by atoms with Crippen LogP contribution in [-0.4, -0.2) is 32.3 Å². The molecule has 0 fully saturated rings. The standard InChI is InChI=1S/C24H27N5O2S/c1-5-12-29-21(14-25-23(31)20-9-7-6-8-17(20)3)27-28-24(29)32-15-22(30)26-19-11-10-16(2)18(4)13-19/h5-11,13H,1,12,14-15H2,2-4H3,(H,25,31)(H,26,30). The zero-order valence-corrected chi connectivity index (χ0v) is 19.3. The predicted molar refractivity (Wildman–Crippen MR) is 128 cm³/mol. The predicted octanol–water partition coefficient (Wildman–Crippen LogP) is 4.05. The molecule has 0 aliphatic heterocycles. The first-order chi connectivity index (χ1) is 15.4. The molecule has 8 heteroatoms. The Balaban J connectivity index is 1.61. The number of benzene rings is 2. The summed E-state index contributed by atoms with van der Waals surface area (Å²) in [6.45, 7) is 10.4. The number of rotatable bonds is 9. The Morgan fingerprint density at radius 1 is 1.06 bits per heavy atom. The van der Waals surface area contributed by atoms with Crippen molar-refractivity contribution >= 4 is 29.3 Å². The molecule has 2 amide bonds. The summed E-state index contributed by atoms with van der Waals surface area (Å²) in [7, 11) is 0. The molecule has 0 saturated heterocycles. The average molecular weight is 450 g/mol. The number of aromatic nitrogens is 3. The van der Waals surface area contributed by atoms with Crippen LogP contribution >= 0.6 is 11.8 Å². The van der Waals surface area contributed by atoms with Crippen molar-refractivity contribution in [2.45, 2.75) is 39.0 Å². The third-order valence-electron chi connectivity index (χ3n) is 5.02. The molecule has 0 aliphatic carbocycles. The molecule has 1 aromatic heterocycles. The van der Waals surface area contributed by atoms with Crippen LogP contribution in [0.4, 0.5) is 5.69 Å². The number of amides is 2. The van der Waals surface area contributed by atoms with Gasteiger partial charge in [0, 0.05) is 17.8 Å². The van der Waals surface area contributed by atoms with Crippen LogP contribution in [0.15, 0.2) is 60.3 Å². The van der Waals surface area contributed by atoms with Crippen LogP contribution in [-0.2, 0) is 17.9 Å². The fraction of sp³-hybridized carbons (Fsp3) is 0.250. The van der Waals surface area contributed by atoms with Crippen LogP contribution in [0.1, 0.15) is 32.9 Å². The summed E-state index contributed by atoms with van der Waals surface area (Å²) >= 11 is 1.29. The normalized spacial score (nSPS) is 10.6. The van der Waals surface area contributed by atoms with Gasteiger partial charge in [-0.2, -0.15) is 0 Å². The van der Waals surface area contributed by atoms with Crippen LogP contribution in [0.3, 0.4) is 0 Å². The number of hydrogen-bond acceptors (Lipinski definition) is 5. The quantitative estimate of drug-likeness (QED) is 0.380. The van der Waals surface area contributed by atoms with Crippen LogP contribution in [0.25, 0.3) is 0 Å². The van der Waals surface area contributed by atoms with Crippen molar-refractivity contribution in [3.8, 4) is 0 Å². The molecular formula is C24H27N5O2S. The topological polar surface area (TPSA) is 88.9 Å². The minimum absolute atomic E-state index is 0.124. The van der Waals surface area contributed by atoms with E-state index in [0.29, 0.717) is 23.1 Å². The van der Waals surface area contributed by atoms with E-state index in [4.69, 9.17) is 0 Å². The molecule has 0 radical (unpaired) electrons. The van der Waals surface area contributed by atoms with Gasteiger partial charge in [-0.05, 0) is 55.7 Å². The molecule has 32 heavy (non-hydrogen) atoms. The van der Waals surface area contributed by atoms with E-state index in [0.717, 1.165) is 16.8 Å². The summed E-state index contributed by atoms with van der Waals surface area (Å²) in [5, 5.41) is 14.8. The molecule has 0 aliphatic rings. The van der Waals surface area contributed by atoms with Gasteiger partial charge in [0.15, 0.2) is 11.0 Å². The summed E-state index contributed by atoms with van der Waals surface area (Å²) in [5.74, 6) is 0.501. The third-order valence-corrected chi connectivity index (χ3v) is 5.99. The zero-order chi connectivity index (χ0) is 23.1. The molecule has 3 aromatic rings. The van der Waals surface area contributed by atoms with Gasteiger partial charge in [0.25, 0.3) is 5.91 Å². The highest BCUT2D eigenvalue weighted by atomic mass is 32.2. The van der Waals surface area contributed by atoms with E-state index in [9.17, 15) is 9.59 Å². The van der Waals surface area contributed by atoms with Crippen molar-refractivity contribution in [2.24, 2.45) is 0 Å². The maximum Gasteiger partial charge on any atom is 0.251 e. The van der Waals surface area contributed by atoms with Crippen LogP contribution < -0.4 is 10.6 Å². The molecule has 0 bridgehead atoms. The number of nitrogens with zero attached hydrogens (tertiary/aromatic N) is 3. The molecule has 2 N–H and O–H groups in total. The van der Waals surface area contributed by atoms with Gasteiger partial charge in [0.2, 0.25) is 5.91 Å². The van der Waals surface area contributed by atoms with Gasteiger partial charge in [-0.25, -0.2) is 0 Å². The first-order valence-electron chi connectivity index (χ1n) is 10.3. The lowest BCUT2D eigenvalue weighted by atomic mass is 10.1. The lowest BCUT2D eigenvalue weighted by molar-refractivity contribution is -0.113. The van der Waals surface area contributed by atoms with Crippen LogP contribution in [0.5, 0.6) is 0 Å². The van der Waals surface area contributed by atoms with Gasteiger partial charge >= 0.3 is 0 Å². The van der Waals surface area contributed by atoms with Gasteiger partial charge in [-0.3, -0.25) is 9.59 Å². The Hall–Kier alpha value is -3.39. The second-order valence-corrected chi connectivity index (χ2v) is 8.37. The molecule has 3 rings (SSSR count). The monoisotopic (exact) mass is 449 g/mol. The summed E-state index contributed by atoms with van der Waals surface area (Å²) < 4.78 is 1.85. The van der Waals surface area contributed by atoms with Gasteiger partial charge in [0.05, 0.1) is 12.3 Å². The summed E-state index contributed by atoms with van der Waals surface area (Å²) in [6.07, 6.45) is 1.73. The largest absolute Gasteiger partial charge is 0.345 e. The highest BCUT2D eigenvalue weighted by Gasteiger charge is 2.15. The fourth-order valence-electron chi connectivity index (χ4n) is 3.10. The highest BCUT2D eigenvalue weighted by Crippen LogP contribution is 2.19. The number of aryl methyl sites for hydroxylation is 3. The maximum atomic E-state index is 12.5. The minimum atomic E-state index is -0.168. The number of carbonyl (C=O) groups is 2. The van der Waals surface area contributed by atoms with E-state index in [1.165, 1.54) is 17.3 Å². The van der Waals surface area contributed by atoms with E-state index in [-0.39, 0.29) is 24.1 Å². The molecule has 166 valence electrons. The zero-order valence-electron chi connectivity index (χ0n) is 18.5. The molecular weight excluding hydrogens is 422 g/mol. The Morgan fingerprint density at radius 2 is 1.84 bits per heavy atom. The van der Waals surface area contributed by atoms with Crippen LogP contribution in [0.2, 0.25) is 0 Å². The number of carbonyl (C=O) groups excluding carboxylic acids is 2. The third kappa shape index (κ3) is 5.85. The molecule has 0 saturated carbocycles. The van der Waals surface area contributed by atoms with E-state index >= 15 is 0 Å². The Labute approximate surface area is 192 Å². The van der Waals surface area contributed by atoms with Crippen molar-refractivity contribution in [1.29, 1.82) is 0 Å². The van der Waals surface area contributed by atoms with Crippen molar-refractivity contribution in [1.82, 2.24) is 20.1 Å². The van der Waals surface area contributed by atoms with Crippen molar-refractivity contribution in [2.75, 3.05) is 11.1 Å². The smallest absolute Gasteiger partial charge is 0.251 e. The number of thioether (sulfide) groups is 1. The molecule has 0 unspecified atom stereocenters. The summed E-state index contributed by atoms with van der Waals surface area (Å²) in [6, 6.07) is 13.2. The molecule has 0 atom stereocenters. The first-order valence-corrected chi connectivity index (χ1v) is 11.2. The van der Waals surface area contributed by atoms with Crippen molar-refractivity contribution in [3.63, 3.8) is 0 Å². The second-order valence-electron chi connectivity index (χ2n) is 7.43. The number of anilines is 1. The minimum Gasteiger partial charge on any atom is -0.345 e. The van der Waals surface area contributed by atoms with E-state index in [2.05, 4.69) is 27.4 Å². The number of hydrogen-bond donors (Lipinski definition) is 2. The van der Waals surface area contributed by atoms with Gasteiger partial charge in [0.1, 0.15) is 0 Å². The Kier molecular flexibility index (Phi) is 7.83. The van der Waals surface area contributed by atoms with Gasteiger partial charge in [-0.1, -0.05) is 42.1 Å². The molecule has 0 spiro atoms. The van der Waals surface area contributed by atoms with Gasteiger partial charge in [-0.15, -0.1) is 16.8 Å². The van der Waals surface area contributed by atoms with E-state index in [1.807, 2.05) is 61.7 Å². The van der Waals surface area contributed by atoms with E-state index < -0.39 is 0 Å². The van der Waals surface area contributed by atoms with Crippen molar-refractivity contribution < 1.29 is 9.59 Å². The Bertz CT molecular complexity index is 1140. The molecule has 7 nitrogen and oxygen atoms in total. The van der Waals surface area contributed by atoms with Gasteiger partial charge < -0.3 is 15.2 Å². The number of nitrogens with one attached hydrogen (secondary N) is 2.